The summed E-state index contributed by atoms with van der Waals surface area (Å²) in [5, 5.41) is 16.4. The highest BCUT2D eigenvalue weighted by atomic mass is 16.5. The van der Waals surface area contributed by atoms with Crippen LogP contribution in [-0.4, -0.2) is 52.4 Å². The molecule has 0 unspecified atom stereocenters. The van der Waals surface area contributed by atoms with Crippen molar-refractivity contribution in [2.75, 3.05) is 26.2 Å². The maximum Gasteiger partial charge on any atom is 0.317 e. The molecule has 1 aliphatic rings. The van der Waals surface area contributed by atoms with Crippen molar-refractivity contribution in [3.05, 3.63) is 11.7 Å². The number of aryl methyl sites for hydroxylation is 1. The SMILES string of the molecule is CCC1(CO)CCN(C(=O)NCCCc2nc(C(C)C)no2)CC1. The number of aromatic nitrogens is 2. The quantitative estimate of drug-likeness (QED) is 0.745. The molecule has 2 amide bonds. The fourth-order valence-electron chi connectivity index (χ4n) is 2.96. The smallest absolute Gasteiger partial charge is 0.317 e. The van der Waals surface area contributed by atoms with Crippen LogP contribution >= 0.6 is 0 Å². The molecule has 0 spiro atoms. The van der Waals surface area contributed by atoms with Gasteiger partial charge in [0.15, 0.2) is 5.82 Å². The van der Waals surface area contributed by atoms with Crippen molar-refractivity contribution in [3.8, 4) is 0 Å². The van der Waals surface area contributed by atoms with Crippen LogP contribution in [0.1, 0.15) is 64.1 Å². The Balaban J connectivity index is 1.66. The molecular formula is C17H30N4O3. The first kappa shape index (κ1) is 18.7. The van der Waals surface area contributed by atoms with E-state index in [2.05, 4.69) is 22.4 Å². The molecule has 7 heteroatoms. The number of aliphatic hydroxyl groups is 1. The number of urea groups is 1. The molecule has 0 bridgehead atoms. The minimum Gasteiger partial charge on any atom is -0.396 e. The Bertz CT molecular complexity index is 516. The van der Waals surface area contributed by atoms with Gasteiger partial charge >= 0.3 is 6.03 Å². The van der Waals surface area contributed by atoms with Gasteiger partial charge in [-0.15, -0.1) is 0 Å². The average molecular weight is 338 g/mol. The van der Waals surface area contributed by atoms with Gasteiger partial charge in [-0.05, 0) is 31.1 Å². The van der Waals surface area contributed by atoms with Gasteiger partial charge in [-0.1, -0.05) is 25.9 Å². The van der Waals surface area contributed by atoms with E-state index in [-0.39, 0.29) is 24.0 Å². The third kappa shape index (κ3) is 4.69. The van der Waals surface area contributed by atoms with Gasteiger partial charge in [0.1, 0.15) is 0 Å². The zero-order valence-electron chi connectivity index (χ0n) is 15.0. The fourth-order valence-corrected chi connectivity index (χ4v) is 2.96. The van der Waals surface area contributed by atoms with Crippen LogP contribution in [0.5, 0.6) is 0 Å². The number of rotatable bonds is 7. The lowest BCUT2D eigenvalue weighted by molar-refractivity contribution is 0.0520. The van der Waals surface area contributed by atoms with Crippen LogP contribution in [0, 0.1) is 5.41 Å². The Morgan fingerprint density at radius 2 is 2.12 bits per heavy atom. The Labute approximate surface area is 143 Å². The van der Waals surface area contributed by atoms with Gasteiger partial charge < -0.3 is 19.8 Å². The number of carbonyl (C=O) groups excluding carboxylic acids is 1. The second-order valence-corrected chi connectivity index (χ2v) is 7.04. The van der Waals surface area contributed by atoms with E-state index in [1.807, 2.05) is 18.7 Å². The van der Waals surface area contributed by atoms with Gasteiger partial charge in [0.2, 0.25) is 5.89 Å². The van der Waals surface area contributed by atoms with Crippen molar-refractivity contribution in [2.45, 2.75) is 58.8 Å². The summed E-state index contributed by atoms with van der Waals surface area (Å²) < 4.78 is 5.19. The molecule has 1 fully saturated rings. The van der Waals surface area contributed by atoms with E-state index < -0.39 is 0 Å². The van der Waals surface area contributed by atoms with E-state index in [0.29, 0.717) is 31.9 Å². The van der Waals surface area contributed by atoms with Crippen LogP contribution in [-0.2, 0) is 6.42 Å². The molecular weight excluding hydrogens is 308 g/mol. The molecule has 0 aliphatic carbocycles. The molecule has 7 nitrogen and oxygen atoms in total. The Morgan fingerprint density at radius 1 is 1.42 bits per heavy atom. The second kappa shape index (κ2) is 8.46. The lowest BCUT2D eigenvalue weighted by Crippen LogP contribution is -2.48. The molecule has 1 aliphatic heterocycles. The van der Waals surface area contributed by atoms with Gasteiger partial charge in [0, 0.05) is 38.6 Å². The molecule has 0 radical (unpaired) electrons. The predicted molar refractivity (Wildman–Crippen MR) is 90.7 cm³/mol. The van der Waals surface area contributed by atoms with Crippen LogP contribution in [0.4, 0.5) is 4.79 Å². The highest BCUT2D eigenvalue weighted by Gasteiger charge is 2.33. The lowest BCUT2D eigenvalue weighted by atomic mass is 9.77. The Hall–Kier alpha value is -1.63. The normalized spacial score (nSPS) is 17.3. The molecule has 0 aromatic carbocycles. The molecule has 1 saturated heterocycles. The summed E-state index contributed by atoms with van der Waals surface area (Å²) >= 11 is 0. The number of hydrogen-bond donors (Lipinski definition) is 2. The van der Waals surface area contributed by atoms with Gasteiger partial charge in [-0.25, -0.2) is 4.79 Å². The van der Waals surface area contributed by atoms with Crippen LogP contribution in [0.25, 0.3) is 0 Å². The van der Waals surface area contributed by atoms with E-state index in [0.717, 1.165) is 31.5 Å². The second-order valence-electron chi connectivity index (χ2n) is 7.04. The van der Waals surface area contributed by atoms with Crippen LogP contribution < -0.4 is 5.32 Å². The van der Waals surface area contributed by atoms with E-state index >= 15 is 0 Å². The first-order valence-electron chi connectivity index (χ1n) is 8.96. The van der Waals surface area contributed by atoms with Crippen LogP contribution in [0.15, 0.2) is 4.52 Å². The number of likely N-dealkylation sites (tertiary alicyclic amines) is 1. The molecule has 1 aromatic heterocycles. The van der Waals surface area contributed by atoms with E-state index in [1.165, 1.54) is 0 Å². The zero-order valence-corrected chi connectivity index (χ0v) is 15.0. The largest absolute Gasteiger partial charge is 0.396 e. The molecule has 1 aromatic rings. The molecule has 2 heterocycles. The Morgan fingerprint density at radius 3 is 2.67 bits per heavy atom. The molecule has 2 N–H and O–H groups in total. The number of piperidine rings is 1. The van der Waals surface area contributed by atoms with Crippen molar-refractivity contribution in [3.63, 3.8) is 0 Å². The molecule has 0 saturated carbocycles. The highest BCUT2D eigenvalue weighted by Crippen LogP contribution is 2.34. The predicted octanol–water partition coefficient (Wildman–Crippen LogP) is 2.32. The topological polar surface area (TPSA) is 91.5 Å². The number of nitrogens with zero attached hydrogens (tertiary/aromatic N) is 3. The third-order valence-corrected chi connectivity index (χ3v) is 5.04. The summed E-state index contributed by atoms with van der Waals surface area (Å²) in [6, 6.07) is -0.0222. The average Bonchev–Trinajstić information content (AvgIpc) is 3.08. The molecule has 0 atom stereocenters. The monoisotopic (exact) mass is 338 g/mol. The number of amides is 2. The van der Waals surface area contributed by atoms with Crippen molar-refractivity contribution >= 4 is 6.03 Å². The summed E-state index contributed by atoms with van der Waals surface area (Å²) in [5.74, 6) is 1.61. The van der Waals surface area contributed by atoms with Crippen molar-refractivity contribution in [1.82, 2.24) is 20.4 Å². The summed E-state index contributed by atoms with van der Waals surface area (Å²) in [4.78, 5) is 18.4. The first-order valence-corrected chi connectivity index (χ1v) is 8.96. The minimum atomic E-state index is -0.0222. The standard InChI is InChI=1S/C17H30N4O3/c1-4-17(12-22)7-10-21(11-8-17)16(23)18-9-5-6-14-19-15(13(2)3)20-24-14/h13,22H,4-12H2,1-3H3,(H,18,23). The van der Waals surface area contributed by atoms with Crippen molar-refractivity contribution in [2.24, 2.45) is 5.41 Å². The summed E-state index contributed by atoms with van der Waals surface area (Å²) in [7, 11) is 0. The fraction of sp³-hybridized carbons (Fsp3) is 0.824. The summed E-state index contributed by atoms with van der Waals surface area (Å²) in [5.41, 5.74) is 0.00284. The van der Waals surface area contributed by atoms with Crippen LogP contribution in [0.3, 0.4) is 0 Å². The molecule has 136 valence electrons. The van der Waals surface area contributed by atoms with E-state index in [1.54, 1.807) is 0 Å². The summed E-state index contributed by atoms with van der Waals surface area (Å²) in [6.07, 6.45) is 4.14. The van der Waals surface area contributed by atoms with Gasteiger partial charge in [-0.2, -0.15) is 4.98 Å². The maximum atomic E-state index is 12.2. The third-order valence-electron chi connectivity index (χ3n) is 5.04. The molecule has 24 heavy (non-hydrogen) atoms. The van der Waals surface area contributed by atoms with E-state index in [4.69, 9.17) is 4.52 Å². The highest BCUT2D eigenvalue weighted by molar-refractivity contribution is 5.74. The minimum absolute atomic E-state index is 0.00284. The lowest BCUT2D eigenvalue weighted by Gasteiger charge is -2.40. The van der Waals surface area contributed by atoms with Gasteiger partial charge in [0.05, 0.1) is 0 Å². The number of aliphatic hydroxyl groups excluding tert-OH is 1. The summed E-state index contributed by atoms with van der Waals surface area (Å²) in [6.45, 7) is 8.38. The van der Waals surface area contributed by atoms with Crippen LogP contribution in [0.2, 0.25) is 0 Å². The first-order chi connectivity index (χ1) is 11.5. The number of hydrogen-bond acceptors (Lipinski definition) is 5. The number of carbonyl (C=O) groups is 1. The van der Waals surface area contributed by atoms with Crippen molar-refractivity contribution < 1.29 is 14.4 Å². The molecule has 2 rings (SSSR count). The number of nitrogens with one attached hydrogen (secondary N) is 1. The Kier molecular flexibility index (Phi) is 6.60. The maximum absolute atomic E-state index is 12.2. The van der Waals surface area contributed by atoms with E-state index in [9.17, 15) is 9.90 Å². The van der Waals surface area contributed by atoms with Crippen molar-refractivity contribution in [1.29, 1.82) is 0 Å². The van der Waals surface area contributed by atoms with Gasteiger partial charge in [-0.3, -0.25) is 0 Å². The zero-order chi connectivity index (χ0) is 17.6. The van der Waals surface area contributed by atoms with Gasteiger partial charge in [0.25, 0.3) is 0 Å².